The lowest BCUT2D eigenvalue weighted by atomic mass is 10.1. The number of rotatable bonds is 6. The lowest BCUT2D eigenvalue weighted by molar-refractivity contribution is -0.117. The molecule has 7 nitrogen and oxygen atoms in total. The van der Waals surface area contributed by atoms with Gasteiger partial charge in [-0.1, -0.05) is 12.1 Å². The van der Waals surface area contributed by atoms with Gasteiger partial charge in [0.25, 0.3) is 5.91 Å². The monoisotopic (exact) mass is 489 g/mol. The highest BCUT2D eigenvalue weighted by molar-refractivity contribution is 9.10. The van der Waals surface area contributed by atoms with Crippen LogP contribution >= 0.6 is 15.9 Å². The van der Waals surface area contributed by atoms with Gasteiger partial charge in [0.2, 0.25) is 5.91 Å². The molecule has 1 fully saturated rings. The minimum Gasteiger partial charge on any atom is -0.497 e. The molecule has 3 rings (SSSR count). The molecule has 31 heavy (non-hydrogen) atoms. The third-order valence-corrected chi connectivity index (χ3v) is 6.18. The van der Waals surface area contributed by atoms with E-state index in [1.807, 2.05) is 32.0 Å². The number of carbonyl (C=O) groups excluding carboxylic acids is 2. The summed E-state index contributed by atoms with van der Waals surface area (Å²) in [7, 11) is 3.10. The number of benzene rings is 2. The van der Waals surface area contributed by atoms with Gasteiger partial charge >= 0.3 is 0 Å². The molecule has 2 aromatic carbocycles. The van der Waals surface area contributed by atoms with Crippen molar-refractivity contribution >= 4 is 33.4 Å². The van der Waals surface area contributed by atoms with E-state index in [1.165, 1.54) is 7.11 Å². The van der Waals surface area contributed by atoms with E-state index in [0.29, 0.717) is 54.3 Å². The Morgan fingerprint density at radius 3 is 2.42 bits per heavy atom. The number of nitrogens with zero attached hydrogens (tertiary/aromatic N) is 2. The Labute approximate surface area is 191 Å². The molecule has 0 aromatic heterocycles. The molecule has 2 aromatic rings. The van der Waals surface area contributed by atoms with Crippen molar-refractivity contribution in [3.8, 4) is 11.5 Å². The first-order chi connectivity index (χ1) is 14.8. The first kappa shape index (κ1) is 23.1. The molecule has 8 heteroatoms. The van der Waals surface area contributed by atoms with Crippen LogP contribution in [0.25, 0.3) is 0 Å². The van der Waals surface area contributed by atoms with Crippen LogP contribution in [-0.2, 0) is 4.79 Å². The van der Waals surface area contributed by atoms with E-state index in [4.69, 9.17) is 9.47 Å². The van der Waals surface area contributed by atoms with Crippen molar-refractivity contribution in [1.29, 1.82) is 0 Å². The Morgan fingerprint density at radius 2 is 1.77 bits per heavy atom. The van der Waals surface area contributed by atoms with Crippen molar-refractivity contribution in [1.82, 2.24) is 9.80 Å². The summed E-state index contributed by atoms with van der Waals surface area (Å²) in [6.45, 7) is 6.64. The molecule has 1 aliphatic heterocycles. The van der Waals surface area contributed by atoms with Gasteiger partial charge < -0.3 is 19.7 Å². The van der Waals surface area contributed by atoms with E-state index in [1.54, 1.807) is 24.1 Å². The van der Waals surface area contributed by atoms with Crippen LogP contribution in [0.15, 0.2) is 34.8 Å². The second kappa shape index (κ2) is 10.2. The van der Waals surface area contributed by atoms with Gasteiger partial charge in [0.05, 0.1) is 30.8 Å². The highest BCUT2D eigenvalue weighted by Crippen LogP contribution is 2.34. The minimum atomic E-state index is -0.115. The van der Waals surface area contributed by atoms with Crippen LogP contribution in [0.3, 0.4) is 0 Å². The van der Waals surface area contributed by atoms with E-state index < -0.39 is 0 Å². The number of hydrogen-bond acceptors (Lipinski definition) is 5. The highest BCUT2D eigenvalue weighted by Gasteiger charge is 2.26. The molecule has 0 radical (unpaired) electrons. The summed E-state index contributed by atoms with van der Waals surface area (Å²) >= 11 is 3.44. The standard InChI is InChI=1S/C23H28BrN3O4/c1-15-6-5-7-20(16(15)2)25-21(28)14-26-8-10-27(11-9-26)23(29)18-12-17(30-3)13-19(24)22(18)31-4/h5-7,12-13H,8-11,14H2,1-4H3,(H,25,28). The lowest BCUT2D eigenvalue weighted by Gasteiger charge is -2.34. The summed E-state index contributed by atoms with van der Waals surface area (Å²) in [6.07, 6.45) is 0. The van der Waals surface area contributed by atoms with Crippen LogP contribution in [0.5, 0.6) is 11.5 Å². The first-order valence-corrected chi connectivity index (χ1v) is 10.9. The summed E-state index contributed by atoms with van der Waals surface area (Å²) in [5.41, 5.74) is 3.51. The third-order valence-electron chi connectivity index (χ3n) is 5.59. The summed E-state index contributed by atoms with van der Waals surface area (Å²) in [5.74, 6) is 0.904. The van der Waals surface area contributed by atoms with E-state index in [9.17, 15) is 9.59 Å². The maximum atomic E-state index is 13.1. The molecule has 0 spiro atoms. The number of aryl methyl sites for hydroxylation is 1. The van der Waals surface area contributed by atoms with Crippen LogP contribution < -0.4 is 14.8 Å². The van der Waals surface area contributed by atoms with Crippen LogP contribution in [0.4, 0.5) is 5.69 Å². The highest BCUT2D eigenvalue weighted by atomic mass is 79.9. The Balaban J connectivity index is 1.59. The van der Waals surface area contributed by atoms with Crippen molar-refractivity contribution in [3.63, 3.8) is 0 Å². The summed E-state index contributed by atoms with van der Waals surface area (Å²) in [6, 6.07) is 9.33. The van der Waals surface area contributed by atoms with Gasteiger partial charge in [0.15, 0.2) is 0 Å². The van der Waals surface area contributed by atoms with Gasteiger partial charge in [-0.05, 0) is 59.1 Å². The first-order valence-electron chi connectivity index (χ1n) is 10.1. The summed E-state index contributed by atoms with van der Waals surface area (Å²) in [5, 5.41) is 3.00. The van der Waals surface area contributed by atoms with Gasteiger partial charge in [0.1, 0.15) is 11.5 Å². The zero-order valence-corrected chi connectivity index (χ0v) is 19.9. The second-order valence-corrected chi connectivity index (χ2v) is 8.41. The lowest BCUT2D eigenvalue weighted by Crippen LogP contribution is -2.50. The topological polar surface area (TPSA) is 71.1 Å². The van der Waals surface area contributed by atoms with E-state index >= 15 is 0 Å². The predicted octanol–water partition coefficient (Wildman–Crippen LogP) is 3.48. The zero-order valence-electron chi connectivity index (χ0n) is 18.3. The molecule has 166 valence electrons. The van der Waals surface area contributed by atoms with Crippen molar-refractivity contribution < 1.29 is 19.1 Å². The smallest absolute Gasteiger partial charge is 0.257 e. The molecule has 1 heterocycles. The number of nitrogens with one attached hydrogen (secondary N) is 1. The Kier molecular flexibility index (Phi) is 7.56. The SMILES string of the molecule is COc1cc(Br)c(OC)c(C(=O)N2CCN(CC(=O)Nc3cccc(C)c3C)CC2)c1. The maximum Gasteiger partial charge on any atom is 0.257 e. The van der Waals surface area contributed by atoms with E-state index in [0.717, 1.165) is 16.8 Å². The predicted molar refractivity (Wildman–Crippen MR) is 124 cm³/mol. The van der Waals surface area contributed by atoms with Gasteiger partial charge in [-0.15, -0.1) is 0 Å². The number of piperazine rings is 1. The molecular formula is C23H28BrN3O4. The molecule has 1 N–H and O–H groups in total. The van der Waals surface area contributed by atoms with E-state index in [2.05, 4.69) is 26.1 Å². The van der Waals surface area contributed by atoms with Crippen molar-refractivity contribution in [3.05, 3.63) is 51.5 Å². The number of hydrogen-bond donors (Lipinski definition) is 1. The molecule has 0 atom stereocenters. The molecule has 0 unspecified atom stereocenters. The maximum absolute atomic E-state index is 13.1. The van der Waals surface area contributed by atoms with Crippen LogP contribution in [0.2, 0.25) is 0 Å². The normalized spacial score (nSPS) is 14.3. The number of amides is 2. The number of carbonyl (C=O) groups is 2. The van der Waals surface area contributed by atoms with Crippen LogP contribution in [0.1, 0.15) is 21.5 Å². The van der Waals surface area contributed by atoms with Gasteiger partial charge in [-0.25, -0.2) is 0 Å². The van der Waals surface area contributed by atoms with E-state index in [-0.39, 0.29) is 11.8 Å². The van der Waals surface area contributed by atoms with Crippen molar-refractivity contribution in [2.24, 2.45) is 0 Å². The molecule has 0 saturated carbocycles. The minimum absolute atomic E-state index is 0.0492. The summed E-state index contributed by atoms with van der Waals surface area (Å²) in [4.78, 5) is 29.5. The average Bonchev–Trinajstić information content (AvgIpc) is 2.76. The molecule has 1 saturated heterocycles. The Hall–Kier alpha value is -2.58. The average molecular weight is 490 g/mol. The van der Waals surface area contributed by atoms with Gasteiger partial charge in [0, 0.05) is 31.9 Å². The molecular weight excluding hydrogens is 462 g/mol. The molecule has 2 amide bonds. The number of halogens is 1. The Morgan fingerprint density at radius 1 is 1.06 bits per heavy atom. The van der Waals surface area contributed by atoms with Crippen molar-refractivity contribution in [2.75, 3.05) is 52.3 Å². The quantitative estimate of drug-likeness (QED) is 0.672. The molecule has 0 bridgehead atoms. The summed E-state index contributed by atoms with van der Waals surface area (Å²) < 4.78 is 11.4. The van der Waals surface area contributed by atoms with Crippen molar-refractivity contribution in [2.45, 2.75) is 13.8 Å². The van der Waals surface area contributed by atoms with Crippen LogP contribution in [-0.4, -0.2) is 68.6 Å². The Bertz CT molecular complexity index is 972. The van der Waals surface area contributed by atoms with Gasteiger partial charge in [-0.3, -0.25) is 14.5 Å². The van der Waals surface area contributed by atoms with Gasteiger partial charge in [-0.2, -0.15) is 0 Å². The number of ether oxygens (including phenoxy) is 2. The number of methoxy groups -OCH3 is 2. The fourth-order valence-corrected chi connectivity index (χ4v) is 4.21. The number of anilines is 1. The molecule has 1 aliphatic rings. The largest absolute Gasteiger partial charge is 0.497 e. The van der Waals surface area contributed by atoms with Crippen LogP contribution in [0, 0.1) is 13.8 Å². The molecule has 0 aliphatic carbocycles. The fourth-order valence-electron chi connectivity index (χ4n) is 3.61. The zero-order chi connectivity index (χ0) is 22.5. The fraction of sp³-hybridized carbons (Fsp3) is 0.391. The third kappa shape index (κ3) is 5.37. The second-order valence-electron chi connectivity index (χ2n) is 7.55.